The monoisotopic (exact) mass is 396 g/mol. The number of aliphatic imine (C=N–C) groups is 1. The second-order valence-corrected chi connectivity index (χ2v) is 6.71. The van der Waals surface area contributed by atoms with Crippen molar-refractivity contribution >= 4 is 33.7 Å². The Labute approximate surface area is 152 Å². The quantitative estimate of drug-likeness (QED) is 0.412. The van der Waals surface area contributed by atoms with Gasteiger partial charge in [0.05, 0.1) is 27.9 Å². The summed E-state index contributed by atoms with van der Waals surface area (Å²) in [6, 6.07) is 1.96. The number of halogens is 1. The van der Waals surface area contributed by atoms with Crippen LogP contribution in [0.5, 0.6) is 5.88 Å². The topological polar surface area (TPSA) is 59.3 Å². The number of oxime groups is 1. The van der Waals surface area contributed by atoms with Crippen molar-refractivity contribution in [2.75, 3.05) is 20.7 Å². The number of pyridine rings is 1. The summed E-state index contributed by atoms with van der Waals surface area (Å²) in [5.74, 6) is 0.632. The van der Waals surface area contributed by atoms with E-state index in [1.165, 1.54) is 0 Å². The number of aryl methyl sites for hydroxylation is 1. The summed E-state index contributed by atoms with van der Waals surface area (Å²) in [6.07, 6.45) is 5.63. The van der Waals surface area contributed by atoms with Crippen LogP contribution in [0.25, 0.3) is 0 Å². The van der Waals surface area contributed by atoms with Gasteiger partial charge in [-0.15, -0.1) is 0 Å². The summed E-state index contributed by atoms with van der Waals surface area (Å²) in [7, 11) is 3.57. The summed E-state index contributed by atoms with van der Waals surface area (Å²) in [5.41, 5.74) is 2.80. The third kappa shape index (κ3) is 5.19. The lowest BCUT2D eigenvalue weighted by Crippen LogP contribution is -2.24. The predicted octanol–water partition coefficient (Wildman–Crippen LogP) is 4.09. The fourth-order valence-electron chi connectivity index (χ4n) is 2.43. The first-order valence-corrected chi connectivity index (χ1v) is 8.99. The zero-order valence-electron chi connectivity index (χ0n) is 14.8. The fraction of sp³-hybridized carbons (Fsp3) is 0.588. The average molecular weight is 397 g/mol. The van der Waals surface area contributed by atoms with Crippen LogP contribution in [-0.4, -0.2) is 48.7 Å². The summed E-state index contributed by atoms with van der Waals surface area (Å²) < 4.78 is 6.91. The number of aromatic nitrogens is 1. The van der Waals surface area contributed by atoms with Gasteiger partial charge in [0.1, 0.15) is 13.2 Å². The number of hydrogen-bond donors (Lipinski definition) is 0. The van der Waals surface area contributed by atoms with Crippen LogP contribution >= 0.6 is 15.9 Å². The van der Waals surface area contributed by atoms with Crippen molar-refractivity contribution in [2.45, 2.75) is 45.6 Å². The van der Waals surface area contributed by atoms with Crippen molar-refractivity contribution in [1.29, 1.82) is 0 Å². The fourth-order valence-corrected chi connectivity index (χ4v) is 2.82. The van der Waals surface area contributed by atoms with Crippen LogP contribution < -0.4 is 4.74 Å². The molecule has 7 heteroatoms. The van der Waals surface area contributed by atoms with Gasteiger partial charge in [-0.25, -0.2) is 9.98 Å². The lowest BCUT2D eigenvalue weighted by Gasteiger charge is -2.24. The highest BCUT2D eigenvalue weighted by atomic mass is 79.9. The third-order valence-electron chi connectivity index (χ3n) is 4.01. The largest absolute Gasteiger partial charge is 0.474 e. The van der Waals surface area contributed by atoms with E-state index in [0.29, 0.717) is 5.88 Å². The highest BCUT2D eigenvalue weighted by molar-refractivity contribution is 9.10. The molecule has 24 heavy (non-hydrogen) atoms. The summed E-state index contributed by atoms with van der Waals surface area (Å²) in [4.78, 5) is 15.9. The molecule has 1 aromatic rings. The smallest absolute Gasteiger partial charge is 0.228 e. The molecule has 1 aromatic heterocycles. The standard InChI is InChI=1S/C17H25BrN4O2/c1-5-22(3)11-19-16-10-15(18)17(20-12(16)2)24-14-8-6-13(7-9-14)21-23-4/h10-11,14H,5-9H2,1-4H3. The van der Waals surface area contributed by atoms with Crippen molar-refractivity contribution in [3.8, 4) is 5.88 Å². The van der Waals surface area contributed by atoms with Crippen LogP contribution in [0.3, 0.4) is 0 Å². The molecule has 0 N–H and O–H groups in total. The summed E-state index contributed by atoms with van der Waals surface area (Å²) in [5, 5.41) is 4.03. The van der Waals surface area contributed by atoms with Crippen LogP contribution in [0.1, 0.15) is 38.3 Å². The van der Waals surface area contributed by atoms with Gasteiger partial charge in [0.15, 0.2) is 0 Å². The number of hydrogen-bond acceptors (Lipinski definition) is 5. The van der Waals surface area contributed by atoms with Crippen molar-refractivity contribution < 1.29 is 9.57 Å². The molecular weight excluding hydrogens is 372 g/mol. The van der Waals surface area contributed by atoms with Gasteiger partial charge < -0.3 is 14.5 Å². The number of ether oxygens (including phenoxy) is 1. The predicted molar refractivity (Wildman–Crippen MR) is 100 cm³/mol. The molecule has 1 saturated carbocycles. The lowest BCUT2D eigenvalue weighted by atomic mass is 9.96. The van der Waals surface area contributed by atoms with E-state index in [-0.39, 0.29) is 6.10 Å². The Balaban J connectivity index is 2.03. The first-order chi connectivity index (χ1) is 11.5. The molecule has 1 fully saturated rings. The maximum atomic E-state index is 6.08. The van der Waals surface area contributed by atoms with Gasteiger partial charge in [0.25, 0.3) is 0 Å². The molecule has 1 aliphatic carbocycles. The van der Waals surface area contributed by atoms with Crippen molar-refractivity contribution in [2.24, 2.45) is 10.1 Å². The minimum Gasteiger partial charge on any atom is -0.474 e. The molecule has 0 radical (unpaired) electrons. The number of rotatable bonds is 6. The summed E-state index contributed by atoms with van der Waals surface area (Å²) >= 11 is 3.55. The van der Waals surface area contributed by atoms with Crippen molar-refractivity contribution in [3.63, 3.8) is 0 Å². The van der Waals surface area contributed by atoms with E-state index in [0.717, 1.165) is 53.8 Å². The van der Waals surface area contributed by atoms with Gasteiger partial charge in [-0.2, -0.15) is 0 Å². The third-order valence-corrected chi connectivity index (χ3v) is 4.58. The Bertz CT molecular complexity index is 609. The Morgan fingerprint density at radius 1 is 1.42 bits per heavy atom. The van der Waals surface area contributed by atoms with Crippen molar-refractivity contribution in [3.05, 3.63) is 16.2 Å². The Hall–Kier alpha value is -1.63. The number of nitrogens with zero attached hydrogens (tertiary/aromatic N) is 4. The van der Waals surface area contributed by atoms with Crippen LogP contribution in [0.4, 0.5) is 5.69 Å². The molecule has 0 bridgehead atoms. The molecular formula is C17H25BrN4O2. The molecule has 132 valence electrons. The highest BCUT2D eigenvalue weighted by Gasteiger charge is 2.21. The summed E-state index contributed by atoms with van der Waals surface area (Å²) in [6.45, 7) is 4.94. The van der Waals surface area contributed by atoms with E-state index in [9.17, 15) is 0 Å². The second kappa shape index (κ2) is 9.01. The van der Waals surface area contributed by atoms with Gasteiger partial charge in [0.2, 0.25) is 5.88 Å². The van der Waals surface area contributed by atoms with Crippen molar-refractivity contribution in [1.82, 2.24) is 9.88 Å². The first kappa shape index (κ1) is 18.7. The minimum absolute atomic E-state index is 0.157. The molecule has 2 rings (SSSR count). The minimum atomic E-state index is 0.157. The molecule has 6 nitrogen and oxygen atoms in total. The van der Waals surface area contributed by atoms with E-state index in [2.05, 4.69) is 38.0 Å². The van der Waals surface area contributed by atoms with Crippen LogP contribution in [0, 0.1) is 6.92 Å². The molecule has 0 atom stereocenters. The average Bonchev–Trinajstić information content (AvgIpc) is 2.58. The maximum Gasteiger partial charge on any atom is 0.228 e. The Kier molecular flexibility index (Phi) is 7.02. The van der Waals surface area contributed by atoms with Gasteiger partial charge in [0, 0.05) is 13.6 Å². The Morgan fingerprint density at radius 2 is 2.12 bits per heavy atom. The molecule has 0 aliphatic heterocycles. The van der Waals surface area contributed by atoms with Crippen LogP contribution in [0.15, 0.2) is 20.7 Å². The molecule has 0 spiro atoms. The van der Waals surface area contributed by atoms with Gasteiger partial charge in [-0.3, -0.25) is 0 Å². The van der Waals surface area contributed by atoms with E-state index in [1.807, 2.05) is 31.3 Å². The maximum absolute atomic E-state index is 6.08. The molecule has 0 aromatic carbocycles. The van der Waals surface area contributed by atoms with Gasteiger partial charge in [-0.05, 0) is 61.5 Å². The molecule has 0 unspecified atom stereocenters. The Morgan fingerprint density at radius 3 is 2.75 bits per heavy atom. The first-order valence-electron chi connectivity index (χ1n) is 8.20. The molecule has 1 aliphatic rings. The zero-order valence-corrected chi connectivity index (χ0v) is 16.3. The van der Waals surface area contributed by atoms with E-state index < -0.39 is 0 Å². The van der Waals surface area contributed by atoms with Crippen LogP contribution in [0.2, 0.25) is 0 Å². The van der Waals surface area contributed by atoms with E-state index >= 15 is 0 Å². The molecule has 0 amide bonds. The SMILES string of the molecule is CCN(C)C=Nc1cc(Br)c(OC2CCC(=NOC)CC2)nc1C. The van der Waals surface area contributed by atoms with Gasteiger partial charge >= 0.3 is 0 Å². The second-order valence-electron chi connectivity index (χ2n) is 5.85. The zero-order chi connectivity index (χ0) is 17.5. The van der Waals surface area contributed by atoms with E-state index in [4.69, 9.17) is 9.57 Å². The lowest BCUT2D eigenvalue weighted by molar-refractivity contribution is 0.164. The van der Waals surface area contributed by atoms with Crippen LogP contribution in [-0.2, 0) is 4.84 Å². The van der Waals surface area contributed by atoms with Gasteiger partial charge in [-0.1, -0.05) is 5.16 Å². The molecule has 1 heterocycles. The van der Waals surface area contributed by atoms with E-state index in [1.54, 1.807) is 7.11 Å². The highest BCUT2D eigenvalue weighted by Crippen LogP contribution is 2.32. The normalized spacial score (nSPS) is 17.9. The molecule has 0 saturated heterocycles.